The first kappa shape index (κ1) is 20.3. The summed E-state index contributed by atoms with van der Waals surface area (Å²) in [6.45, 7) is 4.47. The summed E-state index contributed by atoms with van der Waals surface area (Å²) in [5.41, 5.74) is -0.646. The third kappa shape index (κ3) is 4.40. The molecule has 0 heterocycles. The molecule has 0 N–H and O–H groups in total. The molecule has 0 radical (unpaired) electrons. The first-order valence-corrected chi connectivity index (χ1v) is 29.1. The molecule has 0 aliphatic carbocycles. The van der Waals surface area contributed by atoms with Gasteiger partial charge in [-0.25, -0.2) is 0 Å². The van der Waals surface area contributed by atoms with Gasteiger partial charge in [-0.3, -0.25) is 0 Å². The van der Waals surface area contributed by atoms with Crippen LogP contribution in [-0.2, 0) is 0 Å². The average molecular weight is 763 g/mol. The second kappa shape index (κ2) is 7.42. The molecule has 0 nitrogen and oxygen atoms in total. The lowest BCUT2D eigenvalue weighted by atomic mass is 10.0. The van der Waals surface area contributed by atoms with Crippen molar-refractivity contribution in [3.05, 3.63) is 29.8 Å². The summed E-state index contributed by atoms with van der Waals surface area (Å²) in [5.74, 6) is 0.494. The number of hydrogen-bond acceptors (Lipinski definition) is 0. The first-order valence-electron chi connectivity index (χ1n) is 5.34. The SMILES string of the molecule is CC(C)c1ccccc1[Si](Br)([Si](Br)(Br)Br)[Si](Br)(Br)Br. The fourth-order valence-electron chi connectivity index (χ4n) is 1.78. The van der Waals surface area contributed by atoms with E-state index in [9.17, 15) is 0 Å². The summed E-state index contributed by atoms with van der Waals surface area (Å²) in [5, 5.41) is 1.42. The zero-order valence-electron chi connectivity index (χ0n) is 10.0. The highest BCUT2D eigenvalue weighted by atomic mass is 80.0. The van der Waals surface area contributed by atoms with Crippen molar-refractivity contribution in [3.8, 4) is 0 Å². The van der Waals surface area contributed by atoms with Crippen LogP contribution in [0.5, 0.6) is 0 Å². The Bertz CT molecular complexity index is 438. The summed E-state index contributed by atoms with van der Waals surface area (Å²) < 4.78 is -3.90. The van der Waals surface area contributed by atoms with E-state index in [-0.39, 0.29) is 0 Å². The molecule has 0 aliphatic heterocycles. The molecule has 10 heteroatoms. The highest BCUT2D eigenvalue weighted by Crippen LogP contribution is 2.52. The molecule has 1 aromatic rings. The molecular formula is C9H11Br7Si3. The van der Waals surface area contributed by atoms with E-state index in [1.165, 1.54) is 10.8 Å². The van der Waals surface area contributed by atoms with Crippen molar-refractivity contribution >= 4 is 125 Å². The van der Waals surface area contributed by atoms with Gasteiger partial charge in [-0.1, -0.05) is 130 Å². The van der Waals surface area contributed by atoms with Crippen LogP contribution in [0.25, 0.3) is 0 Å². The molecule has 0 spiro atoms. The lowest BCUT2D eigenvalue weighted by Crippen LogP contribution is -2.68. The molecule has 1 rings (SSSR count). The first-order chi connectivity index (χ1) is 8.43. The van der Waals surface area contributed by atoms with Crippen molar-refractivity contribution in [1.82, 2.24) is 0 Å². The minimum absolute atomic E-state index is 0.494. The zero-order valence-corrected chi connectivity index (χ0v) is 24.1. The van der Waals surface area contributed by atoms with E-state index in [4.69, 9.17) is 0 Å². The molecule has 0 aromatic heterocycles. The van der Waals surface area contributed by atoms with Gasteiger partial charge in [0, 0.05) is 0 Å². The topological polar surface area (TPSA) is 0 Å². The van der Waals surface area contributed by atoms with Crippen LogP contribution in [0.1, 0.15) is 25.3 Å². The van der Waals surface area contributed by atoms with Crippen LogP contribution < -0.4 is 5.19 Å². The van der Waals surface area contributed by atoms with Crippen molar-refractivity contribution in [2.45, 2.75) is 19.8 Å². The minimum atomic E-state index is -2.05. The Kier molecular flexibility index (Phi) is 7.91. The average Bonchev–Trinajstić information content (AvgIpc) is 2.24. The van der Waals surface area contributed by atoms with Gasteiger partial charge < -0.3 is 0 Å². The van der Waals surface area contributed by atoms with Crippen LogP contribution in [0.2, 0.25) is 0 Å². The Morgan fingerprint density at radius 1 is 0.789 bits per heavy atom. The summed E-state index contributed by atoms with van der Waals surface area (Å²) in [6, 6.07) is 8.70. The standard InChI is InChI=1S/C9H11Br7Si3/c1-7(2)8-5-3-4-6-9(8)17(10,18(11,12)13)19(14,15)16/h3-7H,1-2H3. The van der Waals surface area contributed by atoms with E-state index in [2.05, 4.69) is 145 Å². The summed E-state index contributed by atoms with van der Waals surface area (Å²) in [7, 11) is 0. The molecule has 108 valence electrons. The van der Waals surface area contributed by atoms with Gasteiger partial charge >= 0.3 is 0 Å². The van der Waals surface area contributed by atoms with Crippen LogP contribution in [0.3, 0.4) is 0 Å². The van der Waals surface area contributed by atoms with E-state index in [0.29, 0.717) is 5.92 Å². The van der Waals surface area contributed by atoms with Gasteiger partial charge in [0.05, 0.1) is 0 Å². The maximum atomic E-state index is 4.13. The number of hydrogen-bond donors (Lipinski definition) is 0. The summed E-state index contributed by atoms with van der Waals surface area (Å²) in [4.78, 5) is 0. The van der Waals surface area contributed by atoms with Crippen molar-refractivity contribution < 1.29 is 0 Å². The van der Waals surface area contributed by atoms with Crippen molar-refractivity contribution in [2.24, 2.45) is 0 Å². The Morgan fingerprint density at radius 2 is 1.21 bits per heavy atom. The Hall–Kier alpha value is 3.23. The second-order valence-corrected chi connectivity index (χ2v) is 80.4. The highest BCUT2D eigenvalue weighted by Gasteiger charge is 2.65. The van der Waals surface area contributed by atoms with E-state index in [1.807, 2.05) is 0 Å². The highest BCUT2D eigenvalue weighted by molar-refractivity contribution is 9.83. The Balaban J connectivity index is 3.62. The molecule has 0 saturated carbocycles. The number of benzene rings is 1. The molecule has 0 bridgehead atoms. The fourth-order valence-corrected chi connectivity index (χ4v) is 136. The predicted molar refractivity (Wildman–Crippen MR) is 120 cm³/mol. The Morgan fingerprint density at radius 3 is 1.58 bits per heavy atom. The lowest BCUT2D eigenvalue weighted by Gasteiger charge is -2.38. The normalized spacial score (nSPS) is 14.0. The van der Waals surface area contributed by atoms with Gasteiger partial charge in [0.2, 0.25) is 5.73 Å². The van der Waals surface area contributed by atoms with Gasteiger partial charge in [0.1, 0.15) is 0 Å². The smallest absolute Gasteiger partial charge is 0.121 e. The van der Waals surface area contributed by atoms with Gasteiger partial charge in [0.25, 0.3) is 6.90 Å². The lowest BCUT2D eigenvalue weighted by molar-refractivity contribution is 0.873. The van der Waals surface area contributed by atoms with Gasteiger partial charge in [-0.05, 0) is 16.7 Å². The quantitative estimate of drug-likeness (QED) is 0.235. The summed E-state index contributed by atoms with van der Waals surface area (Å²) >= 11 is 27.5. The maximum absolute atomic E-state index is 4.13. The fraction of sp³-hybridized carbons (Fsp3) is 0.333. The predicted octanol–water partition coefficient (Wildman–Crippen LogP) is 6.76. The van der Waals surface area contributed by atoms with Crippen molar-refractivity contribution in [1.29, 1.82) is 0 Å². The monoisotopic (exact) mass is 755 g/mol. The summed E-state index contributed by atoms with van der Waals surface area (Å²) in [6.07, 6.45) is 0. The van der Waals surface area contributed by atoms with E-state index < -0.39 is 12.6 Å². The largest absolute Gasteiger partial charge is 0.272 e. The molecule has 0 atom stereocenters. The Labute approximate surface area is 171 Å². The molecule has 0 saturated heterocycles. The third-order valence-electron chi connectivity index (χ3n) is 2.74. The van der Waals surface area contributed by atoms with Crippen molar-refractivity contribution in [2.75, 3.05) is 0 Å². The van der Waals surface area contributed by atoms with Crippen LogP contribution in [0.15, 0.2) is 24.3 Å². The molecule has 0 fully saturated rings. The van der Waals surface area contributed by atoms with Crippen LogP contribution in [0, 0.1) is 0 Å². The van der Waals surface area contributed by atoms with Crippen LogP contribution in [0.4, 0.5) is 0 Å². The van der Waals surface area contributed by atoms with Gasteiger partial charge in [-0.15, -0.1) is 15.3 Å². The zero-order chi connectivity index (χ0) is 15.1. The maximum Gasteiger partial charge on any atom is 0.272 e. The molecule has 1 aromatic carbocycles. The molecule has 0 aliphatic rings. The van der Waals surface area contributed by atoms with Gasteiger partial charge in [-0.2, -0.15) is 0 Å². The molecular weight excluding hydrogens is 752 g/mol. The minimum Gasteiger partial charge on any atom is -0.121 e. The second-order valence-electron chi connectivity index (χ2n) is 4.40. The van der Waals surface area contributed by atoms with E-state index >= 15 is 0 Å². The number of halogens is 7. The third-order valence-corrected chi connectivity index (χ3v) is 111. The molecule has 0 unspecified atom stereocenters. The number of rotatable bonds is 4. The van der Waals surface area contributed by atoms with E-state index in [0.717, 1.165) is 0 Å². The van der Waals surface area contributed by atoms with E-state index in [1.54, 1.807) is 0 Å². The molecule has 19 heavy (non-hydrogen) atoms. The van der Waals surface area contributed by atoms with Crippen LogP contribution in [-0.4, -0.2) is 12.6 Å². The molecule has 0 amide bonds. The van der Waals surface area contributed by atoms with Crippen molar-refractivity contribution in [3.63, 3.8) is 0 Å². The van der Waals surface area contributed by atoms with Crippen LogP contribution >= 0.6 is 107 Å². The van der Waals surface area contributed by atoms with Gasteiger partial charge in [0.15, 0.2) is 0 Å².